The average molecular weight is 332 g/mol. The molecule has 0 spiro atoms. The molecular formula is C14H28N4O5. The molecule has 0 aromatic heterocycles. The lowest BCUT2D eigenvalue weighted by Crippen LogP contribution is -2.31. The lowest BCUT2D eigenvalue weighted by molar-refractivity contribution is -0.166. The molecule has 23 heavy (non-hydrogen) atoms. The van der Waals surface area contributed by atoms with E-state index in [-0.39, 0.29) is 31.8 Å². The van der Waals surface area contributed by atoms with Crippen molar-refractivity contribution >= 4 is 17.7 Å². The number of nitrogens with zero attached hydrogens (tertiary/aromatic N) is 2. The Morgan fingerprint density at radius 3 is 2.22 bits per heavy atom. The zero-order valence-corrected chi connectivity index (χ0v) is 13.7. The molecule has 0 rings (SSSR count). The van der Waals surface area contributed by atoms with E-state index in [1.165, 1.54) is 6.92 Å². The van der Waals surface area contributed by atoms with Gasteiger partial charge in [0.15, 0.2) is 0 Å². The van der Waals surface area contributed by atoms with Gasteiger partial charge in [0.1, 0.15) is 0 Å². The maximum Gasteiger partial charge on any atom is 0.246 e. The Kier molecular flexibility index (Phi) is 11.8. The Hall–Kier alpha value is -1.71. The third kappa shape index (κ3) is 11.5. The van der Waals surface area contributed by atoms with Gasteiger partial charge in [0.25, 0.3) is 0 Å². The number of hydrogen-bond acceptors (Lipinski definition) is 6. The molecule has 0 heterocycles. The highest BCUT2D eigenvalue weighted by molar-refractivity contribution is 5.83. The van der Waals surface area contributed by atoms with Crippen molar-refractivity contribution in [3.63, 3.8) is 0 Å². The number of nitrogens with one attached hydrogen (secondary N) is 1. The fourth-order valence-corrected chi connectivity index (χ4v) is 1.75. The SMILES string of the molecule is CC(=O)N(O)CCCCCNC(=O)CCC(=O)N(O)CCCN. The summed E-state index contributed by atoms with van der Waals surface area (Å²) >= 11 is 0. The fourth-order valence-electron chi connectivity index (χ4n) is 1.75. The van der Waals surface area contributed by atoms with E-state index in [1.54, 1.807) is 0 Å². The molecule has 0 radical (unpaired) electrons. The Morgan fingerprint density at radius 1 is 0.957 bits per heavy atom. The van der Waals surface area contributed by atoms with Crippen LogP contribution in [-0.2, 0) is 14.4 Å². The molecule has 0 aromatic carbocycles. The molecule has 0 aromatic rings. The third-order valence-electron chi connectivity index (χ3n) is 3.16. The maximum absolute atomic E-state index is 11.5. The number of carbonyl (C=O) groups excluding carboxylic acids is 3. The van der Waals surface area contributed by atoms with Gasteiger partial charge in [-0.25, -0.2) is 10.1 Å². The van der Waals surface area contributed by atoms with Gasteiger partial charge in [0.05, 0.1) is 0 Å². The smallest absolute Gasteiger partial charge is 0.246 e. The van der Waals surface area contributed by atoms with Crippen molar-refractivity contribution in [2.45, 2.75) is 45.4 Å². The highest BCUT2D eigenvalue weighted by atomic mass is 16.5. The Morgan fingerprint density at radius 2 is 1.61 bits per heavy atom. The summed E-state index contributed by atoms with van der Waals surface area (Å²) in [5.41, 5.74) is 5.27. The molecule has 9 heteroatoms. The number of unbranched alkanes of at least 4 members (excludes halogenated alkanes) is 2. The van der Waals surface area contributed by atoms with Crippen LogP contribution in [0.1, 0.15) is 45.4 Å². The van der Waals surface area contributed by atoms with Crippen LogP contribution in [0.3, 0.4) is 0 Å². The summed E-state index contributed by atoms with van der Waals surface area (Å²) in [5.74, 6) is -1.15. The first-order chi connectivity index (χ1) is 10.9. The summed E-state index contributed by atoms with van der Waals surface area (Å²) in [6.07, 6.45) is 2.59. The minimum absolute atomic E-state index is 0.0211. The second-order valence-electron chi connectivity index (χ2n) is 5.21. The number of amides is 3. The van der Waals surface area contributed by atoms with E-state index in [2.05, 4.69) is 5.32 Å². The normalized spacial score (nSPS) is 10.3. The van der Waals surface area contributed by atoms with Gasteiger partial charge in [-0.1, -0.05) is 0 Å². The molecule has 0 saturated carbocycles. The van der Waals surface area contributed by atoms with Crippen LogP contribution in [0.4, 0.5) is 0 Å². The number of hydrogen-bond donors (Lipinski definition) is 4. The standard InChI is InChI=1S/C14H28N4O5/c1-12(19)17(22)10-4-2-3-9-16-13(20)6-7-14(21)18(23)11-5-8-15/h22-23H,2-11,15H2,1H3,(H,16,20). The van der Waals surface area contributed by atoms with Gasteiger partial charge in [0, 0.05) is 39.4 Å². The average Bonchev–Trinajstić information content (AvgIpc) is 2.52. The van der Waals surface area contributed by atoms with Crippen molar-refractivity contribution in [2.75, 3.05) is 26.2 Å². The van der Waals surface area contributed by atoms with Crippen LogP contribution in [0.5, 0.6) is 0 Å². The Balaban J connectivity index is 3.60. The molecule has 0 fully saturated rings. The minimum Gasteiger partial charge on any atom is -0.356 e. The van der Waals surface area contributed by atoms with Gasteiger partial charge in [-0.3, -0.25) is 24.8 Å². The van der Waals surface area contributed by atoms with Crippen LogP contribution in [0.2, 0.25) is 0 Å². The van der Waals surface area contributed by atoms with E-state index in [0.717, 1.165) is 6.42 Å². The topological polar surface area (TPSA) is 136 Å². The Labute approximate surface area is 136 Å². The van der Waals surface area contributed by atoms with Crippen molar-refractivity contribution < 1.29 is 24.8 Å². The molecule has 0 atom stereocenters. The van der Waals surface area contributed by atoms with Crippen molar-refractivity contribution in [3.05, 3.63) is 0 Å². The predicted octanol–water partition coefficient (Wildman–Crippen LogP) is -0.143. The van der Waals surface area contributed by atoms with Crippen LogP contribution in [-0.4, -0.2) is 64.4 Å². The van der Waals surface area contributed by atoms with Crippen molar-refractivity contribution in [2.24, 2.45) is 5.73 Å². The molecule has 0 aliphatic heterocycles. The van der Waals surface area contributed by atoms with Gasteiger partial charge in [-0.2, -0.15) is 0 Å². The summed E-state index contributed by atoms with van der Waals surface area (Å²) in [6, 6.07) is 0. The molecule has 3 amide bonds. The lowest BCUT2D eigenvalue weighted by Gasteiger charge is -2.14. The van der Waals surface area contributed by atoms with Crippen LogP contribution in [0.25, 0.3) is 0 Å². The van der Waals surface area contributed by atoms with Crippen LogP contribution < -0.4 is 11.1 Å². The molecule has 0 bridgehead atoms. The van der Waals surface area contributed by atoms with Gasteiger partial charge < -0.3 is 11.1 Å². The molecule has 9 nitrogen and oxygen atoms in total. The van der Waals surface area contributed by atoms with Crippen LogP contribution >= 0.6 is 0 Å². The van der Waals surface area contributed by atoms with Gasteiger partial charge >= 0.3 is 0 Å². The number of rotatable bonds is 12. The molecule has 0 saturated heterocycles. The zero-order valence-electron chi connectivity index (χ0n) is 13.7. The summed E-state index contributed by atoms with van der Waals surface area (Å²) < 4.78 is 0. The van der Waals surface area contributed by atoms with E-state index in [4.69, 9.17) is 10.9 Å². The highest BCUT2D eigenvalue weighted by Gasteiger charge is 2.12. The van der Waals surface area contributed by atoms with E-state index >= 15 is 0 Å². The first-order valence-corrected chi connectivity index (χ1v) is 7.81. The van der Waals surface area contributed by atoms with Crippen molar-refractivity contribution in [1.29, 1.82) is 0 Å². The predicted molar refractivity (Wildman–Crippen MR) is 82.4 cm³/mol. The number of hydroxylamine groups is 4. The second-order valence-corrected chi connectivity index (χ2v) is 5.21. The van der Waals surface area contributed by atoms with Crippen molar-refractivity contribution in [3.8, 4) is 0 Å². The zero-order chi connectivity index (χ0) is 17.7. The fraction of sp³-hybridized carbons (Fsp3) is 0.786. The number of carbonyl (C=O) groups is 3. The maximum atomic E-state index is 11.5. The van der Waals surface area contributed by atoms with Crippen molar-refractivity contribution in [1.82, 2.24) is 15.4 Å². The van der Waals surface area contributed by atoms with Gasteiger partial charge in [-0.05, 0) is 32.2 Å². The number of nitrogens with two attached hydrogens (primary N) is 1. The van der Waals surface area contributed by atoms with Crippen LogP contribution in [0, 0.1) is 0 Å². The van der Waals surface area contributed by atoms with E-state index in [0.29, 0.717) is 42.5 Å². The molecule has 0 aliphatic carbocycles. The van der Waals surface area contributed by atoms with Crippen LogP contribution in [0.15, 0.2) is 0 Å². The highest BCUT2D eigenvalue weighted by Crippen LogP contribution is 1.99. The molecule has 134 valence electrons. The summed E-state index contributed by atoms with van der Waals surface area (Å²) in [6.45, 7) is 2.57. The van der Waals surface area contributed by atoms with E-state index < -0.39 is 11.8 Å². The molecule has 0 aliphatic rings. The van der Waals surface area contributed by atoms with Gasteiger partial charge in [-0.15, -0.1) is 0 Å². The molecule has 0 unspecified atom stereocenters. The second kappa shape index (κ2) is 12.8. The summed E-state index contributed by atoms with van der Waals surface area (Å²) in [7, 11) is 0. The molecular weight excluding hydrogens is 304 g/mol. The minimum atomic E-state index is -0.499. The third-order valence-corrected chi connectivity index (χ3v) is 3.16. The monoisotopic (exact) mass is 332 g/mol. The summed E-state index contributed by atoms with van der Waals surface area (Å²) in [4.78, 5) is 33.8. The quantitative estimate of drug-likeness (QED) is 0.223. The first-order valence-electron chi connectivity index (χ1n) is 7.81. The summed E-state index contributed by atoms with van der Waals surface area (Å²) in [5, 5.41) is 22.4. The largest absolute Gasteiger partial charge is 0.356 e. The van der Waals surface area contributed by atoms with Gasteiger partial charge in [0.2, 0.25) is 17.7 Å². The lowest BCUT2D eigenvalue weighted by atomic mass is 10.2. The first kappa shape index (κ1) is 21.3. The molecule has 5 N–H and O–H groups in total. The van der Waals surface area contributed by atoms with E-state index in [9.17, 15) is 19.6 Å². The van der Waals surface area contributed by atoms with E-state index in [1.807, 2.05) is 0 Å². The Bertz CT molecular complexity index is 378.